The lowest BCUT2D eigenvalue weighted by Crippen LogP contribution is -2.30. The fraction of sp³-hybridized carbons (Fsp3) is 0.333. The number of nitrogens with one attached hydrogen (secondary N) is 2. The number of imide groups is 1. The van der Waals surface area contributed by atoms with Crippen molar-refractivity contribution in [2.75, 3.05) is 5.32 Å². The molecule has 0 saturated carbocycles. The molecule has 4 nitrogen and oxygen atoms in total. The summed E-state index contributed by atoms with van der Waals surface area (Å²) in [5, 5.41) is 5.35. The SMILES string of the molecule is Cc1cc(NC2CC(=O)NC2=O)cc(C)c1Br. The van der Waals surface area contributed by atoms with Gasteiger partial charge in [0.05, 0.1) is 6.42 Å². The molecule has 0 spiro atoms. The summed E-state index contributed by atoms with van der Waals surface area (Å²) < 4.78 is 1.06. The Morgan fingerprint density at radius 1 is 1.29 bits per heavy atom. The number of amides is 2. The molecule has 1 atom stereocenters. The summed E-state index contributed by atoms with van der Waals surface area (Å²) in [5.41, 5.74) is 3.05. The second kappa shape index (κ2) is 4.49. The van der Waals surface area contributed by atoms with Crippen LogP contribution in [0.1, 0.15) is 17.5 Å². The zero-order valence-electron chi connectivity index (χ0n) is 9.63. The van der Waals surface area contributed by atoms with Gasteiger partial charge in [-0.15, -0.1) is 0 Å². The Labute approximate surface area is 108 Å². The highest BCUT2D eigenvalue weighted by Gasteiger charge is 2.30. The van der Waals surface area contributed by atoms with Gasteiger partial charge in [-0.2, -0.15) is 0 Å². The van der Waals surface area contributed by atoms with Gasteiger partial charge in [-0.05, 0) is 37.1 Å². The Morgan fingerprint density at radius 3 is 2.35 bits per heavy atom. The molecule has 2 N–H and O–H groups in total. The first-order valence-corrected chi connectivity index (χ1v) is 6.13. The third-order valence-electron chi connectivity index (χ3n) is 2.75. The maximum atomic E-state index is 11.4. The minimum Gasteiger partial charge on any atom is -0.373 e. The summed E-state index contributed by atoms with van der Waals surface area (Å²) in [6, 6.07) is 3.45. The van der Waals surface area contributed by atoms with E-state index in [-0.39, 0.29) is 18.2 Å². The van der Waals surface area contributed by atoms with Gasteiger partial charge in [0.25, 0.3) is 0 Å². The van der Waals surface area contributed by atoms with E-state index in [0.717, 1.165) is 21.3 Å². The molecule has 0 radical (unpaired) electrons. The molecule has 5 heteroatoms. The Balaban J connectivity index is 2.19. The van der Waals surface area contributed by atoms with Crippen LogP contribution in [-0.2, 0) is 9.59 Å². The number of halogens is 1. The summed E-state index contributed by atoms with van der Waals surface area (Å²) in [7, 11) is 0. The fourth-order valence-electron chi connectivity index (χ4n) is 1.90. The molecule has 1 aliphatic rings. The molecule has 1 aliphatic heterocycles. The van der Waals surface area contributed by atoms with Gasteiger partial charge in [0.2, 0.25) is 11.8 Å². The highest BCUT2D eigenvalue weighted by Crippen LogP contribution is 2.25. The van der Waals surface area contributed by atoms with E-state index in [1.54, 1.807) is 0 Å². The number of carbonyl (C=O) groups excluding carboxylic acids is 2. The van der Waals surface area contributed by atoms with Crippen molar-refractivity contribution in [1.82, 2.24) is 5.32 Å². The van der Waals surface area contributed by atoms with E-state index in [1.807, 2.05) is 26.0 Å². The second-order valence-electron chi connectivity index (χ2n) is 4.24. The monoisotopic (exact) mass is 296 g/mol. The predicted octanol–water partition coefficient (Wildman–Crippen LogP) is 1.89. The smallest absolute Gasteiger partial charge is 0.249 e. The van der Waals surface area contributed by atoms with Gasteiger partial charge in [-0.25, -0.2) is 0 Å². The third-order valence-corrected chi connectivity index (χ3v) is 4.00. The molecule has 1 fully saturated rings. The van der Waals surface area contributed by atoms with Crippen LogP contribution >= 0.6 is 15.9 Å². The Bertz CT molecular complexity index is 476. The zero-order chi connectivity index (χ0) is 12.6. The van der Waals surface area contributed by atoms with Crippen molar-refractivity contribution in [2.24, 2.45) is 0 Å². The van der Waals surface area contributed by atoms with Crippen LogP contribution in [0, 0.1) is 13.8 Å². The van der Waals surface area contributed by atoms with Gasteiger partial charge >= 0.3 is 0 Å². The fourth-order valence-corrected chi connectivity index (χ4v) is 2.13. The number of aryl methyl sites for hydroxylation is 2. The van der Waals surface area contributed by atoms with Gasteiger partial charge in [0, 0.05) is 10.2 Å². The van der Waals surface area contributed by atoms with E-state index in [2.05, 4.69) is 26.6 Å². The predicted molar refractivity (Wildman–Crippen MR) is 68.8 cm³/mol. The number of carbonyl (C=O) groups is 2. The Hall–Kier alpha value is -1.36. The average molecular weight is 297 g/mol. The van der Waals surface area contributed by atoms with Gasteiger partial charge < -0.3 is 5.32 Å². The molecule has 17 heavy (non-hydrogen) atoms. The second-order valence-corrected chi connectivity index (χ2v) is 5.03. The zero-order valence-corrected chi connectivity index (χ0v) is 11.2. The van der Waals surface area contributed by atoms with Crippen molar-refractivity contribution in [2.45, 2.75) is 26.3 Å². The Kier molecular flexibility index (Phi) is 3.19. The van der Waals surface area contributed by atoms with Crippen molar-refractivity contribution in [3.8, 4) is 0 Å². The van der Waals surface area contributed by atoms with Gasteiger partial charge in [-0.1, -0.05) is 15.9 Å². The first-order chi connectivity index (χ1) is 7.97. The molecule has 0 bridgehead atoms. The van der Waals surface area contributed by atoms with Crippen LogP contribution < -0.4 is 10.6 Å². The van der Waals surface area contributed by atoms with E-state index in [0.29, 0.717) is 0 Å². The maximum Gasteiger partial charge on any atom is 0.249 e. The van der Waals surface area contributed by atoms with E-state index in [9.17, 15) is 9.59 Å². The minimum absolute atomic E-state index is 0.201. The van der Waals surface area contributed by atoms with Gasteiger partial charge in [0.15, 0.2) is 0 Å². The molecule has 0 aromatic heterocycles. The highest BCUT2D eigenvalue weighted by molar-refractivity contribution is 9.10. The summed E-state index contributed by atoms with van der Waals surface area (Å²) in [5.74, 6) is -0.480. The normalized spacial score (nSPS) is 19.4. The van der Waals surface area contributed by atoms with Crippen LogP contribution in [0.15, 0.2) is 16.6 Å². The van der Waals surface area contributed by atoms with Crippen LogP contribution in [0.25, 0.3) is 0 Å². The quantitative estimate of drug-likeness (QED) is 0.820. The lowest BCUT2D eigenvalue weighted by atomic mass is 10.1. The van der Waals surface area contributed by atoms with Crippen molar-refractivity contribution < 1.29 is 9.59 Å². The van der Waals surface area contributed by atoms with Crippen LogP contribution in [0.5, 0.6) is 0 Å². The molecule has 2 amide bonds. The molecule has 1 aromatic carbocycles. The van der Waals surface area contributed by atoms with Crippen molar-refractivity contribution in [3.05, 3.63) is 27.7 Å². The Morgan fingerprint density at radius 2 is 1.88 bits per heavy atom. The van der Waals surface area contributed by atoms with E-state index in [4.69, 9.17) is 0 Å². The summed E-state index contributed by atoms with van der Waals surface area (Å²) in [6.45, 7) is 3.98. The highest BCUT2D eigenvalue weighted by atomic mass is 79.9. The standard InChI is InChI=1S/C12H13BrN2O2/c1-6-3-8(4-7(2)11(6)13)14-9-5-10(16)15-12(9)17/h3-4,9,14H,5H2,1-2H3,(H,15,16,17). The summed E-state index contributed by atoms with van der Waals surface area (Å²) >= 11 is 3.49. The number of rotatable bonds is 2. The third kappa shape index (κ3) is 2.49. The minimum atomic E-state index is -0.456. The van der Waals surface area contributed by atoms with Gasteiger partial charge in [0.1, 0.15) is 6.04 Å². The molecule has 90 valence electrons. The first kappa shape index (κ1) is 12.1. The molecule has 0 aliphatic carbocycles. The molecule has 1 unspecified atom stereocenters. The lowest BCUT2D eigenvalue weighted by molar-refractivity contribution is -0.124. The van der Waals surface area contributed by atoms with E-state index < -0.39 is 6.04 Å². The molecular weight excluding hydrogens is 284 g/mol. The van der Waals surface area contributed by atoms with Crippen molar-refractivity contribution in [1.29, 1.82) is 0 Å². The van der Waals surface area contributed by atoms with Crippen molar-refractivity contribution >= 4 is 33.4 Å². The van der Waals surface area contributed by atoms with Crippen LogP contribution in [0.4, 0.5) is 5.69 Å². The largest absolute Gasteiger partial charge is 0.373 e. The lowest BCUT2D eigenvalue weighted by Gasteiger charge is -2.13. The van der Waals surface area contributed by atoms with E-state index >= 15 is 0 Å². The van der Waals surface area contributed by atoms with Gasteiger partial charge in [-0.3, -0.25) is 14.9 Å². The number of anilines is 1. The van der Waals surface area contributed by atoms with Crippen LogP contribution in [0.2, 0.25) is 0 Å². The van der Waals surface area contributed by atoms with Crippen LogP contribution in [-0.4, -0.2) is 17.9 Å². The van der Waals surface area contributed by atoms with Crippen molar-refractivity contribution in [3.63, 3.8) is 0 Å². The number of hydrogen-bond donors (Lipinski definition) is 2. The topological polar surface area (TPSA) is 58.2 Å². The van der Waals surface area contributed by atoms with Crippen LogP contribution in [0.3, 0.4) is 0 Å². The molecule has 2 rings (SSSR count). The number of benzene rings is 1. The van der Waals surface area contributed by atoms with E-state index in [1.165, 1.54) is 0 Å². The molecular formula is C12H13BrN2O2. The first-order valence-electron chi connectivity index (χ1n) is 5.34. The molecule has 1 saturated heterocycles. The summed E-state index contributed by atoms with van der Waals surface area (Å²) in [4.78, 5) is 22.5. The molecule has 1 aromatic rings. The summed E-state index contributed by atoms with van der Waals surface area (Å²) in [6.07, 6.45) is 0.201. The average Bonchev–Trinajstić information content (AvgIpc) is 2.54. The number of hydrogen-bond acceptors (Lipinski definition) is 3. The molecule has 1 heterocycles. The maximum absolute atomic E-state index is 11.4.